The summed E-state index contributed by atoms with van der Waals surface area (Å²) in [5.74, 6) is 0.687. The van der Waals surface area contributed by atoms with E-state index in [1.807, 2.05) is 12.1 Å². The van der Waals surface area contributed by atoms with Gasteiger partial charge in [-0.2, -0.15) is 15.8 Å². The maximum Gasteiger partial charge on any atom is 0.163 e. The van der Waals surface area contributed by atoms with E-state index in [1.165, 1.54) is 0 Å². The van der Waals surface area contributed by atoms with Crippen molar-refractivity contribution in [2.75, 3.05) is 5.32 Å². The fourth-order valence-electron chi connectivity index (χ4n) is 1.86. The van der Waals surface area contributed by atoms with E-state index in [2.05, 4.69) is 5.32 Å². The van der Waals surface area contributed by atoms with Gasteiger partial charge >= 0.3 is 0 Å². The van der Waals surface area contributed by atoms with Gasteiger partial charge in [-0.3, -0.25) is 0 Å². The first-order chi connectivity index (χ1) is 11.7. The molecule has 0 aliphatic carbocycles. The van der Waals surface area contributed by atoms with Crippen LogP contribution in [0, 0.1) is 34.0 Å². The molecule has 0 aliphatic heterocycles. The Hall–Kier alpha value is -3.46. The van der Waals surface area contributed by atoms with E-state index in [9.17, 15) is 0 Å². The van der Waals surface area contributed by atoms with Crippen molar-refractivity contribution in [2.24, 2.45) is 0 Å². The summed E-state index contributed by atoms with van der Waals surface area (Å²) < 4.78 is 5.66. The number of nitriles is 3. The average Bonchev–Trinajstić information content (AvgIpc) is 2.61. The molecule has 0 heterocycles. The highest BCUT2D eigenvalue weighted by Gasteiger charge is 2.06. The summed E-state index contributed by atoms with van der Waals surface area (Å²) in [4.78, 5) is 0. The van der Waals surface area contributed by atoms with Crippen LogP contribution < -0.4 is 10.1 Å². The molecule has 0 bridgehead atoms. The van der Waals surface area contributed by atoms with E-state index in [-0.39, 0.29) is 11.3 Å². The fraction of sp³-hybridized carbons (Fsp3) is 0.0556. The topological polar surface area (TPSA) is 92.6 Å². The van der Waals surface area contributed by atoms with Gasteiger partial charge in [0.15, 0.2) is 5.57 Å². The number of rotatable bonds is 5. The Balaban J connectivity index is 2.11. The van der Waals surface area contributed by atoms with E-state index in [1.54, 1.807) is 54.6 Å². The molecular weight excluding hydrogens is 324 g/mol. The molecule has 0 atom stereocenters. The zero-order valence-corrected chi connectivity index (χ0v) is 13.2. The number of hydrogen-bond donors (Lipinski definition) is 1. The molecule has 0 spiro atoms. The summed E-state index contributed by atoms with van der Waals surface area (Å²) in [6, 6.07) is 19.4. The molecule has 6 heteroatoms. The van der Waals surface area contributed by atoms with Crippen LogP contribution in [0.15, 0.2) is 59.8 Å². The molecular formula is C18H11ClN4O. The normalized spacial score (nSPS) is 9.08. The molecule has 2 aromatic rings. The summed E-state index contributed by atoms with van der Waals surface area (Å²) in [5, 5.41) is 30.1. The molecule has 1 N–H and O–H groups in total. The second-order valence-electron chi connectivity index (χ2n) is 4.65. The number of nitrogens with zero attached hydrogens (tertiary/aromatic N) is 3. The summed E-state index contributed by atoms with van der Waals surface area (Å²) >= 11 is 5.82. The molecule has 24 heavy (non-hydrogen) atoms. The lowest BCUT2D eigenvalue weighted by Crippen LogP contribution is -2.02. The van der Waals surface area contributed by atoms with Gasteiger partial charge in [0, 0.05) is 10.7 Å². The van der Waals surface area contributed by atoms with E-state index >= 15 is 0 Å². The molecule has 0 saturated carbocycles. The third kappa shape index (κ3) is 4.52. The predicted molar refractivity (Wildman–Crippen MR) is 89.7 cm³/mol. The van der Waals surface area contributed by atoms with Gasteiger partial charge in [-0.1, -0.05) is 23.7 Å². The molecule has 116 valence electrons. The summed E-state index contributed by atoms with van der Waals surface area (Å²) in [6.07, 6.45) is 0. The number of halogens is 1. The zero-order valence-electron chi connectivity index (χ0n) is 12.5. The number of anilines is 1. The third-order valence-corrected chi connectivity index (χ3v) is 3.25. The van der Waals surface area contributed by atoms with Crippen LogP contribution in [0.3, 0.4) is 0 Å². The van der Waals surface area contributed by atoms with Crippen molar-refractivity contribution in [1.82, 2.24) is 0 Å². The van der Waals surface area contributed by atoms with Crippen LogP contribution in [-0.4, -0.2) is 0 Å². The van der Waals surface area contributed by atoms with Gasteiger partial charge in [0.05, 0.1) is 0 Å². The molecule has 0 saturated heterocycles. The Labute approximate surface area is 144 Å². The van der Waals surface area contributed by atoms with Crippen molar-refractivity contribution in [3.05, 3.63) is 70.4 Å². The molecule has 0 radical (unpaired) electrons. The van der Waals surface area contributed by atoms with Gasteiger partial charge in [0.2, 0.25) is 0 Å². The van der Waals surface area contributed by atoms with E-state index in [0.717, 1.165) is 5.56 Å². The second kappa shape index (κ2) is 8.25. The van der Waals surface area contributed by atoms with Gasteiger partial charge < -0.3 is 10.1 Å². The predicted octanol–water partition coefficient (Wildman–Crippen LogP) is 4.16. The van der Waals surface area contributed by atoms with Crippen LogP contribution >= 0.6 is 11.6 Å². The van der Waals surface area contributed by atoms with Crippen molar-refractivity contribution in [3.8, 4) is 24.0 Å². The second-order valence-corrected chi connectivity index (χ2v) is 5.09. The third-order valence-electron chi connectivity index (χ3n) is 3.00. The SMILES string of the molecule is N#CC(C#N)=C(C#N)Nc1cccc(COc2ccc(Cl)cc2)c1. The first kappa shape index (κ1) is 16.9. The van der Waals surface area contributed by atoms with Crippen LogP contribution in [0.5, 0.6) is 5.75 Å². The number of hydrogen-bond acceptors (Lipinski definition) is 5. The highest BCUT2D eigenvalue weighted by Crippen LogP contribution is 2.19. The van der Waals surface area contributed by atoms with Gasteiger partial charge in [-0.05, 0) is 42.0 Å². The minimum Gasteiger partial charge on any atom is -0.489 e. The van der Waals surface area contributed by atoms with Crippen molar-refractivity contribution >= 4 is 17.3 Å². The van der Waals surface area contributed by atoms with E-state index in [0.29, 0.717) is 23.1 Å². The molecule has 2 rings (SSSR count). The number of nitrogens with one attached hydrogen (secondary N) is 1. The lowest BCUT2D eigenvalue weighted by molar-refractivity contribution is 0.306. The smallest absolute Gasteiger partial charge is 0.163 e. The number of benzene rings is 2. The maximum absolute atomic E-state index is 9.06. The van der Waals surface area contributed by atoms with Crippen molar-refractivity contribution in [2.45, 2.75) is 6.61 Å². The molecule has 0 aliphatic rings. The Bertz CT molecular complexity index is 867. The Morgan fingerprint density at radius 2 is 1.71 bits per heavy atom. The van der Waals surface area contributed by atoms with Gasteiger partial charge in [0.1, 0.15) is 36.3 Å². The van der Waals surface area contributed by atoms with Crippen molar-refractivity contribution < 1.29 is 4.74 Å². The van der Waals surface area contributed by atoms with E-state index < -0.39 is 0 Å². The summed E-state index contributed by atoms with van der Waals surface area (Å²) in [7, 11) is 0. The van der Waals surface area contributed by atoms with Gasteiger partial charge in [-0.15, -0.1) is 0 Å². The summed E-state index contributed by atoms with van der Waals surface area (Å²) in [6.45, 7) is 0.326. The zero-order chi connectivity index (χ0) is 17.4. The quantitative estimate of drug-likeness (QED) is 0.829. The Kier molecular flexibility index (Phi) is 5.81. The van der Waals surface area contributed by atoms with Crippen molar-refractivity contribution in [3.63, 3.8) is 0 Å². The largest absolute Gasteiger partial charge is 0.489 e. The number of allylic oxidation sites excluding steroid dienone is 2. The van der Waals surface area contributed by atoms with Crippen LogP contribution in [0.1, 0.15) is 5.56 Å². The molecule has 0 aromatic heterocycles. The van der Waals surface area contributed by atoms with Gasteiger partial charge in [0.25, 0.3) is 0 Å². The number of ether oxygens (including phenoxy) is 1. The Morgan fingerprint density at radius 3 is 2.33 bits per heavy atom. The monoisotopic (exact) mass is 334 g/mol. The van der Waals surface area contributed by atoms with Crippen LogP contribution in [0.2, 0.25) is 5.02 Å². The maximum atomic E-state index is 9.06. The van der Waals surface area contributed by atoms with E-state index in [4.69, 9.17) is 32.1 Å². The average molecular weight is 335 g/mol. The minimum atomic E-state index is -0.264. The highest BCUT2D eigenvalue weighted by atomic mass is 35.5. The lowest BCUT2D eigenvalue weighted by Gasteiger charge is -2.09. The van der Waals surface area contributed by atoms with Crippen molar-refractivity contribution in [1.29, 1.82) is 15.8 Å². The molecule has 2 aromatic carbocycles. The molecule has 0 unspecified atom stereocenters. The molecule has 0 amide bonds. The van der Waals surface area contributed by atoms with Crippen LogP contribution in [0.25, 0.3) is 0 Å². The molecule has 0 fully saturated rings. The van der Waals surface area contributed by atoms with Gasteiger partial charge in [-0.25, -0.2) is 0 Å². The highest BCUT2D eigenvalue weighted by molar-refractivity contribution is 6.30. The lowest BCUT2D eigenvalue weighted by atomic mass is 10.2. The minimum absolute atomic E-state index is 0.0873. The first-order valence-corrected chi connectivity index (χ1v) is 7.23. The fourth-order valence-corrected chi connectivity index (χ4v) is 1.99. The first-order valence-electron chi connectivity index (χ1n) is 6.85. The van der Waals surface area contributed by atoms with Crippen LogP contribution in [0.4, 0.5) is 5.69 Å². The Morgan fingerprint density at radius 1 is 1.00 bits per heavy atom. The van der Waals surface area contributed by atoms with Crippen LogP contribution in [-0.2, 0) is 6.61 Å². The standard InChI is InChI=1S/C18H11ClN4O/c19-15-4-6-17(7-5-15)24-12-13-2-1-3-16(8-13)23-18(11-22)14(9-20)10-21/h1-8,23H,12H2. The summed E-state index contributed by atoms with van der Waals surface area (Å²) in [5.41, 5.74) is 1.10. The molecule has 5 nitrogen and oxygen atoms in total.